The minimum Gasteiger partial charge on any atom is -0.342 e. The van der Waals surface area contributed by atoms with Crippen LogP contribution in [0, 0.1) is 11.7 Å². The summed E-state index contributed by atoms with van der Waals surface area (Å²) in [5.74, 6) is 0.302. The average Bonchev–Trinajstić information content (AvgIpc) is 3.25. The second kappa shape index (κ2) is 6.04. The van der Waals surface area contributed by atoms with Crippen molar-refractivity contribution >= 4 is 5.91 Å². The quantitative estimate of drug-likeness (QED) is 0.938. The van der Waals surface area contributed by atoms with Gasteiger partial charge < -0.3 is 4.90 Å². The molecule has 1 aliphatic heterocycles. The number of hydrogen-bond acceptors (Lipinski definition) is 2. The highest BCUT2D eigenvalue weighted by atomic mass is 19.1. The lowest BCUT2D eigenvalue weighted by Crippen LogP contribution is -2.45. The van der Waals surface area contributed by atoms with Crippen molar-refractivity contribution in [3.8, 4) is 0 Å². The number of aromatic amines is 1. The van der Waals surface area contributed by atoms with Crippen LogP contribution in [0.2, 0.25) is 0 Å². The number of nitrogens with one attached hydrogen (secondary N) is 1. The molecule has 4 rings (SSSR count). The predicted octanol–water partition coefficient (Wildman–Crippen LogP) is 3.06. The molecule has 1 amide bonds. The maximum Gasteiger partial charge on any atom is 0.233 e. The zero-order valence-corrected chi connectivity index (χ0v) is 13.7. The lowest BCUT2D eigenvalue weighted by molar-refractivity contribution is -0.135. The summed E-state index contributed by atoms with van der Waals surface area (Å²) in [5.41, 5.74) is 1.08. The molecule has 1 aliphatic carbocycles. The molecule has 1 saturated carbocycles. The lowest BCUT2D eigenvalue weighted by atomic mass is 9.89. The minimum absolute atomic E-state index is 0.113. The maximum atomic E-state index is 14.2. The average molecular weight is 327 g/mol. The monoisotopic (exact) mass is 327 g/mol. The van der Waals surface area contributed by atoms with Gasteiger partial charge >= 0.3 is 0 Å². The Morgan fingerprint density at radius 3 is 2.88 bits per heavy atom. The van der Waals surface area contributed by atoms with Crippen LogP contribution in [0.1, 0.15) is 36.9 Å². The number of benzene rings is 1. The van der Waals surface area contributed by atoms with Crippen molar-refractivity contribution in [1.82, 2.24) is 15.1 Å². The van der Waals surface area contributed by atoms with E-state index >= 15 is 0 Å². The van der Waals surface area contributed by atoms with Crippen molar-refractivity contribution in [2.24, 2.45) is 5.92 Å². The molecule has 4 nitrogen and oxygen atoms in total. The van der Waals surface area contributed by atoms with Crippen molar-refractivity contribution in [2.75, 3.05) is 13.1 Å². The summed E-state index contributed by atoms with van der Waals surface area (Å²) in [7, 11) is 0. The van der Waals surface area contributed by atoms with E-state index in [0.717, 1.165) is 50.9 Å². The molecule has 2 aromatic rings. The number of halogens is 1. The number of carbonyl (C=O) groups excluding carboxylic acids is 1. The van der Waals surface area contributed by atoms with E-state index < -0.39 is 5.41 Å². The summed E-state index contributed by atoms with van der Waals surface area (Å²) in [4.78, 5) is 15.1. The number of H-pyrrole nitrogens is 1. The molecular formula is C19H22FN3O. The molecule has 5 heteroatoms. The van der Waals surface area contributed by atoms with Crippen molar-refractivity contribution in [3.63, 3.8) is 0 Å². The Morgan fingerprint density at radius 1 is 1.33 bits per heavy atom. The van der Waals surface area contributed by atoms with E-state index in [1.54, 1.807) is 18.3 Å². The first-order chi connectivity index (χ1) is 11.7. The highest BCUT2D eigenvalue weighted by Crippen LogP contribution is 2.50. The summed E-state index contributed by atoms with van der Waals surface area (Å²) in [5, 5.41) is 6.99. The molecule has 126 valence electrons. The molecule has 1 saturated heterocycles. The highest BCUT2D eigenvalue weighted by Gasteiger charge is 2.54. The van der Waals surface area contributed by atoms with E-state index in [0.29, 0.717) is 11.5 Å². The van der Waals surface area contributed by atoms with Crippen molar-refractivity contribution in [2.45, 2.75) is 37.5 Å². The van der Waals surface area contributed by atoms with Gasteiger partial charge in [-0.15, -0.1) is 0 Å². The molecule has 0 radical (unpaired) electrons. The van der Waals surface area contributed by atoms with Crippen molar-refractivity contribution in [1.29, 1.82) is 0 Å². The van der Waals surface area contributed by atoms with Crippen LogP contribution in [-0.2, 0) is 16.6 Å². The van der Waals surface area contributed by atoms with Crippen LogP contribution in [0.25, 0.3) is 0 Å². The molecule has 1 aromatic carbocycles. The van der Waals surface area contributed by atoms with Crippen LogP contribution in [0.4, 0.5) is 4.39 Å². The molecule has 2 fully saturated rings. The number of carbonyl (C=O) groups is 1. The number of nitrogens with zero attached hydrogens (tertiary/aromatic N) is 2. The first-order valence-electron chi connectivity index (χ1n) is 8.72. The molecule has 0 bridgehead atoms. The SMILES string of the molecule is O=C(N1CCCC(Cc2ccn[nH]2)C1)C1(c2ccccc2F)CC1. The molecule has 1 N–H and O–H groups in total. The van der Waals surface area contributed by atoms with E-state index in [9.17, 15) is 9.18 Å². The third-order valence-corrected chi connectivity index (χ3v) is 5.42. The van der Waals surface area contributed by atoms with Crippen LogP contribution >= 0.6 is 0 Å². The van der Waals surface area contributed by atoms with Crippen molar-refractivity contribution < 1.29 is 9.18 Å². The van der Waals surface area contributed by atoms with Crippen LogP contribution in [0.15, 0.2) is 36.5 Å². The number of aromatic nitrogens is 2. The first kappa shape index (κ1) is 15.4. The third-order valence-electron chi connectivity index (χ3n) is 5.42. The number of piperidine rings is 1. The standard InChI is InChI=1S/C19H22FN3O/c20-17-6-2-1-5-16(17)19(8-9-19)18(24)23-11-3-4-14(13-23)12-15-7-10-21-22-15/h1-2,5-7,10,14H,3-4,8-9,11-13H2,(H,21,22). The van der Waals surface area contributed by atoms with Gasteiger partial charge in [0.25, 0.3) is 0 Å². The fraction of sp³-hybridized carbons (Fsp3) is 0.474. The van der Waals surface area contributed by atoms with Crippen LogP contribution < -0.4 is 0 Å². The zero-order valence-electron chi connectivity index (χ0n) is 13.7. The summed E-state index contributed by atoms with van der Waals surface area (Å²) < 4.78 is 14.2. The van der Waals surface area contributed by atoms with Crippen molar-refractivity contribution in [3.05, 3.63) is 53.6 Å². The van der Waals surface area contributed by atoms with Gasteiger partial charge in [-0.05, 0) is 50.2 Å². The number of likely N-dealkylation sites (tertiary alicyclic amines) is 1. The van der Waals surface area contributed by atoms with Crippen LogP contribution in [0.5, 0.6) is 0 Å². The smallest absolute Gasteiger partial charge is 0.233 e. The molecule has 1 aromatic heterocycles. The number of rotatable bonds is 4. The molecule has 2 heterocycles. The van der Waals surface area contributed by atoms with E-state index in [-0.39, 0.29) is 11.7 Å². The van der Waals surface area contributed by atoms with E-state index in [2.05, 4.69) is 10.2 Å². The largest absolute Gasteiger partial charge is 0.342 e. The Labute approximate surface area is 141 Å². The molecule has 0 spiro atoms. The normalized spacial score (nSPS) is 22.4. The maximum absolute atomic E-state index is 14.2. The van der Waals surface area contributed by atoms with Gasteiger partial charge in [-0.2, -0.15) is 5.10 Å². The lowest BCUT2D eigenvalue weighted by Gasteiger charge is -2.35. The number of hydrogen-bond donors (Lipinski definition) is 1. The Bertz CT molecular complexity index is 724. The highest BCUT2D eigenvalue weighted by molar-refractivity contribution is 5.91. The van der Waals surface area contributed by atoms with E-state index in [1.807, 2.05) is 17.0 Å². The molecular weight excluding hydrogens is 305 g/mol. The Kier molecular flexibility index (Phi) is 3.87. The van der Waals surface area contributed by atoms with Gasteiger partial charge in [0, 0.05) is 30.5 Å². The Balaban J connectivity index is 1.49. The fourth-order valence-electron chi connectivity index (χ4n) is 4.00. The molecule has 24 heavy (non-hydrogen) atoms. The summed E-state index contributed by atoms with van der Waals surface area (Å²) in [6.45, 7) is 1.54. The predicted molar refractivity (Wildman–Crippen MR) is 88.9 cm³/mol. The minimum atomic E-state index is -0.610. The van der Waals surface area contributed by atoms with Gasteiger partial charge in [-0.25, -0.2) is 4.39 Å². The van der Waals surface area contributed by atoms with Gasteiger partial charge in [-0.1, -0.05) is 18.2 Å². The van der Waals surface area contributed by atoms with E-state index in [4.69, 9.17) is 0 Å². The summed E-state index contributed by atoms with van der Waals surface area (Å²) in [6.07, 6.45) is 6.32. The van der Waals surface area contributed by atoms with E-state index in [1.165, 1.54) is 6.07 Å². The van der Waals surface area contributed by atoms with Gasteiger partial charge in [0.05, 0.1) is 5.41 Å². The van der Waals surface area contributed by atoms with Gasteiger partial charge in [0.15, 0.2) is 0 Å². The van der Waals surface area contributed by atoms with Crippen LogP contribution in [-0.4, -0.2) is 34.1 Å². The first-order valence-corrected chi connectivity index (χ1v) is 8.72. The molecule has 1 atom stereocenters. The topological polar surface area (TPSA) is 49.0 Å². The third kappa shape index (κ3) is 2.72. The van der Waals surface area contributed by atoms with Gasteiger partial charge in [-0.3, -0.25) is 9.89 Å². The van der Waals surface area contributed by atoms with Crippen LogP contribution in [0.3, 0.4) is 0 Å². The van der Waals surface area contributed by atoms with Gasteiger partial charge in [0.2, 0.25) is 5.91 Å². The second-order valence-corrected chi connectivity index (χ2v) is 7.11. The zero-order chi connectivity index (χ0) is 16.6. The summed E-state index contributed by atoms with van der Waals surface area (Å²) >= 11 is 0. The summed E-state index contributed by atoms with van der Waals surface area (Å²) in [6, 6.07) is 8.72. The second-order valence-electron chi connectivity index (χ2n) is 7.11. The van der Waals surface area contributed by atoms with Gasteiger partial charge in [0.1, 0.15) is 5.82 Å². The fourth-order valence-corrected chi connectivity index (χ4v) is 4.00. The Hall–Kier alpha value is -2.17. The number of amides is 1. The molecule has 2 aliphatic rings. The molecule has 1 unspecified atom stereocenters. The Morgan fingerprint density at radius 2 is 2.17 bits per heavy atom.